The SMILES string of the molecule is O=C(Cc1ccccc1F)c1cscc1Br. The highest BCUT2D eigenvalue weighted by Crippen LogP contribution is 2.23. The molecule has 0 unspecified atom stereocenters. The van der Waals surface area contributed by atoms with Crippen molar-refractivity contribution in [2.75, 3.05) is 0 Å². The Labute approximate surface area is 105 Å². The van der Waals surface area contributed by atoms with E-state index in [1.807, 2.05) is 5.38 Å². The molecule has 0 saturated carbocycles. The van der Waals surface area contributed by atoms with Gasteiger partial charge in [0.25, 0.3) is 0 Å². The van der Waals surface area contributed by atoms with E-state index in [1.54, 1.807) is 23.6 Å². The molecule has 1 nitrogen and oxygen atoms in total. The molecule has 2 aromatic rings. The quantitative estimate of drug-likeness (QED) is 0.781. The molecule has 0 amide bonds. The van der Waals surface area contributed by atoms with Crippen LogP contribution in [0.25, 0.3) is 0 Å². The van der Waals surface area contributed by atoms with Crippen LogP contribution in [0.2, 0.25) is 0 Å². The Morgan fingerprint density at radius 2 is 2.06 bits per heavy atom. The number of benzene rings is 1. The van der Waals surface area contributed by atoms with E-state index in [4.69, 9.17) is 0 Å². The minimum absolute atomic E-state index is 0.0711. The van der Waals surface area contributed by atoms with Gasteiger partial charge in [-0.15, -0.1) is 0 Å². The average molecular weight is 299 g/mol. The summed E-state index contributed by atoms with van der Waals surface area (Å²) in [4.78, 5) is 11.9. The van der Waals surface area contributed by atoms with Gasteiger partial charge in [0.1, 0.15) is 5.82 Å². The first-order chi connectivity index (χ1) is 7.68. The number of rotatable bonds is 3. The molecule has 82 valence electrons. The smallest absolute Gasteiger partial charge is 0.169 e. The molecular formula is C12H8BrFOS. The summed E-state index contributed by atoms with van der Waals surface area (Å²) in [7, 11) is 0. The van der Waals surface area contributed by atoms with E-state index >= 15 is 0 Å². The van der Waals surface area contributed by atoms with Crippen LogP contribution in [-0.4, -0.2) is 5.78 Å². The zero-order valence-electron chi connectivity index (χ0n) is 8.24. The summed E-state index contributed by atoms with van der Waals surface area (Å²) < 4.78 is 14.1. The standard InChI is InChI=1S/C12H8BrFOS/c13-10-7-16-6-9(10)12(15)5-8-3-1-2-4-11(8)14/h1-4,6-7H,5H2. The molecule has 0 aliphatic heterocycles. The average Bonchev–Trinajstić information content (AvgIpc) is 2.68. The first kappa shape index (κ1) is 11.5. The highest BCUT2D eigenvalue weighted by molar-refractivity contribution is 9.10. The number of carbonyl (C=O) groups excluding carboxylic acids is 1. The van der Waals surface area contributed by atoms with Gasteiger partial charge in [-0.05, 0) is 27.6 Å². The van der Waals surface area contributed by atoms with Crippen LogP contribution in [0.3, 0.4) is 0 Å². The van der Waals surface area contributed by atoms with Gasteiger partial charge in [0.15, 0.2) is 5.78 Å². The fourth-order valence-electron chi connectivity index (χ4n) is 1.39. The van der Waals surface area contributed by atoms with E-state index in [9.17, 15) is 9.18 Å². The molecule has 0 aliphatic rings. The van der Waals surface area contributed by atoms with E-state index in [0.29, 0.717) is 11.1 Å². The van der Waals surface area contributed by atoms with Gasteiger partial charge < -0.3 is 0 Å². The van der Waals surface area contributed by atoms with Crippen LogP contribution in [0.4, 0.5) is 4.39 Å². The molecule has 0 N–H and O–H groups in total. The van der Waals surface area contributed by atoms with Crippen LogP contribution in [0.1, 0.15) is 15.9 Å². The third-order valence-corrected chi connectivity index (χ3v) is 3.93. The van der Waals surface area contributed by atoms with Gasteiger partial charge in [0, 0.05) is 27.2 Å². The second-order valence-corrected chi connectivity index (χ2v) is 4.92. The molecule has 16 heavy (non-hydrogen) atoms. The highest BCUT2D eigenvalue weighted by Gasteiger charge is 2.13. The Kier molecular flexibility index (Phi) is 3.51. The van der Waals surface area contributed by atoms with E-state index in [0.717, 1.165) is 4.47 Å². The van der Waals surface area contributed by atoms with Gasteiger partial charge in [-0.2, -0.15) is 11.3 Å². The van der Waals surface area contributed by atoms with Crippen molar-refractivity contribution in [2.24, 2.45) is 0 Å². The van der Waals surface area contributed by atoms with E-state index < -0.39 is 0 Å². The predicted octanol–water partition coefficient (Wildman–Crippen LogP) is 4.08. The fourth-order valence-corrected chi connectivity index (χ4v) is 2.91. The van der Waals surface area contributed by atoms with E-state index in [-0.39, 0.29) is 18.0 Å². The van der Waals surface area contributed by atoms with Gasteiger partial charge in [-0.25, -0.2) is 4.39 Å². The zero-order valence-corrected chi connectivity index (χ0v) is 10.6. The van der Waals surface area contributed by atoms with E-state index in [2.05, 4.69) is 15.9 Å². The molecule has 0 aliphatic carbocycles. The minimum Gasteiger partial charge on any atom is -0.294 e. The highest BCUT2D eigenvalue weighted by atomic mass is 79.9. The lowest BCUT2D eigenvalue weighted by Gasteiger charge is -2.01. The van der Waals surface area contributed by atoms with Crippen molar-refractivity contribution in [2.45, 2.75) is 6.42 Å². The number of carbonyl (C=O) groups is 1. The molecule has 0 atom stereocenters. The van der Waals surface area contributed by atoms with Crippen molar-refractivity contribution >= 4 is 33.0 Å². The third-order valence-electron chi connectivity index (χ3n) is 2.22. The maximum absolute atomic E-state index is 13.3. The fraction of sp³-hybridized carbons (Fsp3) is 0.0833. The van der Waals surface area contributed by atoms with Crippen LogP contribution in [0.15, 0.2) is 39.5 Å². The predicted molar refractivity (Wildman–Crippen MR) is 66.5 cm³/mol. The van der Waals surface area contributed by atoms with Crippen molar-refractivity contribution < 1.29 is 9.18 Å². The second-order valence-electron chi connectivity index (χ2n) is 3.32. The second kappa shape index (κ2) is 4.89. The Morgan fingerprint density at radius 3 is 2.69 bits per heavy atom. The number of hydrogen-bond acceptors (Lipinski definition) is 2. The molecule has 1 heterocycles. The molecule has 2 rings (SSSR count). The molecule has 0 spiro atoms. The Morgan fingerprint density at radius 1 is 1.31 bits per heavy atom. The molecular weight excluding hydrogens is 291 g/mol. The zero-order chi connectivity index (χ0) is 11.5. The third kappa shape index (κ3) is 2.39. The first-order valence-electron chi connectivity index (χ1n) is 4.67. The van der Waals surface area contributed by atoms with Crippen LogP contribution in [0.5, 0.6) is 0 Å². The van der Waals surface area contributed by atoms with Crippen molar-refractivity contribution in [3.63, 3.8) is 0 Å². The van der Waals surface area contributed by atoms with E-state index in [1.165, 1.54) is 17.4 Å². The molecule has 0 saturated heterocycles. The number of halogens is 2. The number of Topliss-reactive ketones (excluding diaryl/α,β-unsaturated/α-hetero) is 1. The lowest BCUT2D eigenvalue weighted by Crippen LogP contribution is -2.04. The van der Waals surface area contributed by atoms with Crippen LogP contribution < -0.4 is 0 Å². The first-order valence-corrected chi connectivity index (χ1v) is 6.40. The van der Waals surface area contributed by atoms with Gasteiger partial charge in [0.2, 0.25) is 0 Å². The van der Waals surface area contributed by atoms with Crippen LogP contribution in [-0.2, 0) is 6.42 Å². The molecule has 0 bridgehead atoms. The van der Waals surface area contributed by atoms with Crippen molar-refractivity contribution in [3.8, 4) is 0 Å². The summed E-state index contributed by atoms with van der Waals surface area (Å²) in [6, 6.07) is 6.34. The summed E-state index contributed by atoms with van der Waals surface area (Å²) in [6.45, 7) is 0. The summed E-state index contributed by atoms with van der Waals surface area (Å²) in [6.07, 6.45) is 0.0992. The van der Waals surface area contributed by atoms with Crippen molar-refractivity contribution in [1.82, 2.24) is 0 Å². The summed E-state index contributed by atoms with van der Waals surface area (Å²) >= 11 is 4.74. The molecule has 1 aromatic carbocycles. The maximum Gasteiger partial charge on any atom is 0.169 e. The monoisotopic (exact) mass is 298 g/mol. The van der Waals surface area contributed by atoms with Gasteiger partial charge in [-0.3, -0.25) is 4.79 Å². The van der Waals surface area contributed by atoms with Gasteiger partial charge >= 0.3 is 0 Å². The van der Waals surface area contributed by atoms with Gasteiger partial charge in [-0.1, -0.05) is 18.2 Å². The lowest BCUT2D eigenvalue weighted by atomic mass is 10.1. The normalized spacial score (nSPS) is 10.4. The molecule has 1 aromatic heterocycles. The van der Waals surface area contributed by atoms with Crippen LogP contribution in [0, 0.1) is 5.82 Å². The minimum atomic E-state index is -0.331. The van der Waals surface area contributed by atoms with Crippen molar-refractivity contribution in [3.05, 3.63) is 56.4 Å². The summed E-state index contributed by atoms with van der Waals surface area (Å²) in [5, 5.41) is 3.61. The number of hydrogen-bond donors (Lipinski definition) is 0. The largest absolute Gasteiger partial charge is 0.294 e. The topological polar surface area (TPSA) is 17.1 Å². The molecule has 0 radical (unpaired) electrons. The summed E-state index contributed by atoms with van der Waals surface area (Å²) in [5.41, 5.74) is 1.05. The maximum atomic E-state index is 13.3. The molecule has 4 heteroatoms. The van der Waals surface area contributed by atoms with Crippen molar-refractivity contribution in [1.29, 1.82) is 0 Å². The number of thiophene rings is 1. The number of ketones is 1. The Bertz CT molecular complexity index is 521. The molecule has 0 fully saturated rings. The summed E-state index contributed by atoms with van der Waals surface area (Å²) in [5.74, 6) is -0.402. The van der Waals surface area contributed by atoms with Crippen LogP contribution >= 0.6 is 27.3 Å². The Balaban J connectivity index is 2.21. The van der Waals surface area contributed by atoms with Gasteiger partial charge in [0.05, 0.1) is 0 Å². The lowest BCUT2D eigenvalue weighted by molar-refractivity contribution is 0.0991. The Hall–Kier alpha value is -1.00.